The van der Waals surface area contributed by atoms with Crippen molar-refractivity contribution < 1.29 is 9.52 Å². The third-order valence-electron chi connectivity index (χ3n) is 3.60. The molecule has 1 N–H and O–H groups in total. The molecular weight excluding hydrogens is 236 g/mol. The Hall–Kier alpha value is -1.54. The standard InChI is InChI=1S/C17H22O2/c1-5-14-6-7-17(19-14)16(18)10-15-12(3)8-11(2)9-13(15)4/h6-9,16,18H,5,10H2,1-4H3. The third kappa shape index (κ3) is 3.07. The molecule has 1 atom stereocenters. The van der Waals surface area contributed by atoms with Gasteiger partial charge in [-0.1, -0.05) is 24.6 Å². The summed E-state index contributed by atoms with van der Waals surface area (Å²) in [6.45, 7) is 8.34. The fourth-order valence-corrected chi connectivity index (χ4v) is 2.59. The molecule has 0 aliphatic carbocycles. The Kier molecular flexibility index (Phi) is 4.11. The first kappa shape index (κ1) is 13.9. The average molecular weight is 258 g/mol. The van der Waals surface area contributed by atoms with E-state index in [0.29, 0.717) is 12.2 Å². The summed E-state index contributed by atoms with van der Waals surface area (Å²) in [6, 6.07) is 8.14. The summed E-state index contributed by atoms with van der Waals surface area (Å²) >= 11 is 0. The van der Waals surface area contributed by atoms with Crippen LogP contribution in [-0.2, 0) is 12.8 Å². The molecule has 1 aromatic heterocycles. The third-order valence-corrected chi connectivity index (χ3v) is 3.60. The predicted octanol–water partition coefficient (Wildman–Crippen LogP) is 4.04. The summed E-state index contributed by atoms with van der Waals surface area (Å²) in [7, 11) is 0. The molecule has 2 heteroatoms. The monoisotopic (exact) mass is 258 g/mol. The molecule has 1 aromatic carbocycles. The van der Waals surface area contributed by atoms with Crippen LogP contribution in [0.2, 0.25) is 0 Å². The molecule has 0 aliphatic heterocycles. The SMILES string of the molecule is CCc1ccc(C(O)Cc2c(C)cc(C)cc2C)o1. The molecule has 0 fully saturated rings. The number of benzene rings is 1. The summed E-state index contributed by atoms with van der Waals surface area (Å²) in [4.78, 5) is 0. The van der Waals surface area contributed by atoms with Crippen molar-refractivity contribution in [3.8, 4) is 0 Å². The first-order valence-electron chi connectivity index (χ1n) is 6.84. The molecule has 19 heavy (non-hydrogen) atoms. The largest absolute Gasteiger partial charge is 0.463 e. The lowest BCUT2D eigenvalue weighted by Crippen LogP contribution is -2.04. The normalized spacial score (nSPS) is 12.7. The van der Waals surface area contributed by atoms with E-state index in [0.717, 1.165) is 12.2 Å². The van der Waals surface area contributed by atoms with E-state index >= 15 is 0 Å². The summed E-state index contributed by atoms with van der Waals surface area (Å²) in [6.07, 6.45) is 0.893. The van der Waals surface area contributed by atoms with E-state index in [1.165, 1.54) is 22.3 Å². The summed E-state index contributed by atoms with van der Waals surface area (Å²) in [5, 5.41) is 10.3. The molecule has 0 saturated carbocycles. The Morgan fingerprint density at radius 1 is 1.11 bits per heavy atom. The van der Waals surface area contributed by atoms with Crippen molar-refractivity contribution in [2.45, 2.75) is 46.6 Å². The van der Waals surface area contributed by atoms with E-state index in [2.05, 4.69) is 32.9 Å². The highest BCUT2D eigenvalue weighted by molar-refractivity contribution is 5.38. The maximum Gasteiger partial charge on any atom is 0.133 e. The lowest BCUT2D eigenvalue weighted by Gasteiger charge is -2.14. The van der Waals surface area contributed by atoms with Gasteiger partial charge in [-0.2, -0.15) is 0 Å². The maximum atomic E-state index is 10.3. The zero-order valence-corrected chi connectivity index (χ0v) is 12.2. The highest BCUT2D eigenvalue weighted by Crippen LogP contribution is 2.25. The topological polar surface area (TPSA) is 33.4 Å². The fraction of sp³-hybridized carbons (Fsp3) is 0.412. The Morgan fingerprint density at radius 2 is 1.74 bits per heavy atom. The minimum absolute atomic E-state index is 0.569. The number of rotatable bonds is 4. The minimum atomic E-state index is -0.569. The molecular formula is C17H22O2. The molecule has 0 amide bonds. The van der Waals surface area contributed by atoms with Crippen molar-refractivity contribution in [1.82, 2.24) is 0 Å². The number of aliphatic hydroxyl groups excluding tert-OH is 1. The van der Waals surface area contributed by atoms with Crippen molar-refractivity contribution in [1.29, 1.82) is 0 Å². The smallest absolute Gasteiger partial charge is 0.133 e. The van der Waals surface area contributed by atoms with Crippen molar-refractivity contribution >= 4 is 0 Å². The zero-order valence-electron chi connectivity index (χ0n) is 12.2. The molecule has 102 valence electrons. The Labute approximate surface area is 115 Å². The molecule has 2 rings (SSSR count). The molecule has 1 unspecified atom stereocenters. The lowest BCUT2D eigenvalue weighted by molar-refractivity contribution is 0.148. The Balaban J connectivity index is 2.21. The van der Waals surface area contributed by atoms with Crippen molar-refractivity contribution in [2.24, 2.45) is 0 Å². The minimum Gasteiger partial charge on any atom is -0.463 e. The molecule has 0 saturated heterocycles. The average Bonchev–Trinajstić information content (AvgIpc) is 2.82. The van der Waals surface area contributed by atoms with Crippen LogP contribution in [0.3, 0.4) is 0 Å². The van der Waals surface area contributed by atoms with Gasteiger partial charge in [-0.05, 0) is 49.6 Å². The molecule has 2 nitrogen and oxygen atoms in total. The van der Waals surface area contributed by atoms with Crippen LogP contribution in [0.4, 0.5) is 0 Å². The van der Waals surface area contributed by atoms with Crippen molar-refractivity contribution in [2.75, 3.05) is 0 Å². The van der Waals surface area contributed by atoms with Gasteiger partial charge in [0.15, 0.2) is 0 Å². The van der Waals surface area contributed by atoms with Crippen LogP contribution in [0, 0.1) is 20.8 Å². The van der Waals surface area contributed by atoms with E-state index < -0.39 is 6.10 Å². The maximum absolute atomic E-state index is 10.3. The summed E-state index contributed by atoms with van der Waals surface area (Å²) < 4.78 is 5.62. The van der Waals surface area contributed by atoms with E-state index in [1.54, 1.807) is 0 Å². The molecule has 1 heterocycles. The van der Waals surface area contributed by atoms with Crippen LogP contribution < -0.4 is 0 Å². The lowest BCUT2D eigenvalue weighted by atomic mass is 9.95. The summed E-state index contributed by atoms with van der Waals surface area (Å²) in [5.74, 6) is 1.59. The van der Waals surface area contributed by atoms with Gasteiger partial charge in [0.05, 0.1) is 0 Å². The van der Waals surface area contributed by atoms with Crippen LogP contribution in [0.15, 0.2) is 28.7 Å². The fourth-order valence-electron chi connectivity index (χ4n) is 2.59. The van der Waals surface area contributed by atoms with Crippen LogP contribution >= 0.6 is 0 Å². The van der Waals surface area contributed by atoms with Gasteiger partial charge in [-0.25, -0.2) is 0 Å². The van der Waals surface area contributed by atoms with E-state index in [-0.39, 0.29) is 0 Å². The molecule has 0 spiro atoms. The number of aliphatic hydroxyl groups is 1. The van der Waals surface area contributed by atoms with Gasteiger partial charge in [-0.3, -0.25) is 0 Å². The van der Waals surface area contributed by atoms with Crippen LogP contribution in [0.1, 0.15) is 46.8 Å². The van der Waals surface area contributed by atoms with Gasteiger partial charge in [0.1, 0.15) is 17.6 Å². The molecule has 0 aliphatic rings. The zero-order chi connectivity index (χ0) is 14.0. The number of hydrogen-bond acceptors (Lipinski definition) is 2. The highest BCUT2D eigenvalue weighted by atomic mass is 16.4. The highest BCUT2D eigenvalue weighted by Gasteiger charge is 2.15. The van der Waals surface area contributed by atoms with Gasteiger partial charge in [-0.15, -0.1) is 0 Å². The number of aryl methyl sites for hydroxylation is 4. The predicted molar refractivity (Wildman–Crippen MR) is 77.4 cm³/mol. The van der Waals surface area contributed by atoms with Gasteiger partial charge in [0, 0.05) is 12.8 Å². The van der Waals surface area contributed by atoms with Gasteiger partial charge in [0.2, 0.25) is 0 Å². The molecule has 2 aromatic rings. The van der Waals surface area contributed by atoms with Gasteiger partial charge in [0.25, 0.3) is 0 Å². The van der Waals surface area contributed by atoms with Crippen LogP contribution in [0.5, 0.6) is 0 Å². The van der Waals surface area contributed by atoms with Crippen molar-refractivity contribution in [3.05, 3.63) is 58.0 Å². The van der Waals surface area contributed by atoms with Gasteiger partial charge < -0.3 is 9.52 Å². The number of hydrogen-bond donors (Lipinski definition) is 1. The quantitative estimate of drug-likeness (QED) is 0.897. The Bertz CT molecular complexity index is 543. The second-order valence-corrected chi connectivity index (χ2v) is 5.25. The summed E-state index contributed by atoms with van der Waals surface area (Å²) in [5.41, 5.74) is 4.95. The number of furan rings is 1. The second kappa shape index (κ2) is 5.62. The molecule has 0 radical (unpaired) electrons. The molecule has 0 bridgehead atoms. The van der Waals surface area contributed by atoms with E-state index in [1.807, 2.05) is 19.1 Å². The second-order valence-electron chi connectivity index (χ2n) is 5.25. The van der Waals surface area contributed by atoms with E-state index in [4.69, 9.17) is 4.42 Å². The van der Waals surface area contributed by atoms with Crippen LogP contribution in [0.25, 0.3) is 0 Å². The van der Waals surface area contributed by atoms with Crippen LogP contribution in [-0.4, -0.2) is 5.11 Å². The first-order valence-corrected chi connectivity index (χ1v) is 6.84. The van der Waals surface area contributed by atoms with Gasteiger partial charge >= 0.3 is 0 Å². The van der Waals surface area contributed by atoms with E-state index in [9.17, 15) is 5.11 Å². The Morgan fingerprint density at radius 3 is 2.26 bits per heavy atom. The van der Waals surface area contributed by atoms with Crippen molar-refractivity contribution in [3.63, 3.8) is 0 Å². The first-order chi connectivity index (χ1) is 9.01.